The second-order valence-corrected chi connectivity index (χ2v) is 9.63. The number of benzene rings is 1. The van der Waals surface area contributed by atoms with E-state index < -0.39 is 27.8 Å². The van der Waals surface area contributed by atoms with Gasteiger partial charge in [-0.1, -0.05) is 42.8 Å². The number of aliphatic hydroxyl groups excluding tert-OH is 3. The monoisotopic (exact) mass is 432 g/mol. The van der Waals surface area contributed by atoms with E-state index in [-0.39, 0.29) is 12.4 Å². The van der Waals surface area contributed by atoms with E-state index in [9.17, 15) is 23.7 Å². The number of hydrogen-bond acceptors (Lipinski definition) is 6. The Hall–Kier alpha value is -2.19. The van der Waals surface area contributed by atoms with Gasteiger partial charge in [0.15, 0.2) is 9.84 Å². The van der Waals surface area contributed by atoms with Crippen LogP contribution in [0.1, 0.15) is 43.3 Å². The molecule has 1 aliphatic heterocycles. The molecule has 3 N–H and O–H groups in total. The van der Waals surface area contributed by atoms with Crippen molar-refractivity contribution in [2.75, 3.05) is 12.4 Å². The van der Waals surface area contributed by atoms with Gasteiger partial charge in [-0.15, -0.1) is 0 Å². The highest BCUT2D eigenvalue weighted by Crippen LogP contribution is 2.34. The molecular weight excluding hydrogens is 404 g/mol. The van der Waals surface area contributed by atoms with E-state index in [4.69, 9.17) is 4.42 Å². The van der Waals surface area contributed by atoms with Crippen molar-refractivity contribution < 1.29 is 28.2 Å². The fourth-order valence-electron chi connectivity index (χ4n) is 3.94. The van der Waals surface area contributed by atoms with E-state index in [1.807, 2.05) is 43.3 Å². The summed E-state index contributed by atoms with van der Waals surface area (Å²) in [6, 6.07) is 13.2. The number of sulfone groups is 1. The summed E-state index contributed by atoms with van der Waals surface area (Å²) in [4.78, 5) is 0. The normalized spacial score (nSPS) is 20.0. The Balaban J connectivity index is 1.85. The molecule has 2 aromatic rings. The summed E-state index contributed by atoms with van der Waals surface area (Å²) in [5.41, 5.74) is 3.04. The second-order valence-electron chi connectivity index (χ2n) is 7.44. The molecule has 0 saturated carbocycles. The molecule has 0 unspecified atom stereocenters. The third-order valence-electron chi connectivity index (χ3n) is 5.50. The van der Waals surface area contributed by atoms with Crippen molar-refractivity contribution in [1.29, 1.82) is 0 Å². The minimum atomic E-state index is -3.47. The van der Waals surface area contributed by atoms with E-state index in [0.717, 1.165) is 11.1 Å². The first-order chi connectivity index (χ1) is 14.4. The standard InChI is InChI=1S/C23H28O6S/c1-2-16-15-30(27,28)22(14-25)23(16)21(26)11-8-18(17-6-4-3-5-7-17)12-19-9-10-20(13-24)29-19/h3-7,9-10,12,21-22,24-26H,2,8,11,13-15H2,1H3/b18-12-/t21-,22+/m1/s1. The predicted octanol–water partition coefficient (Wildman–Crippen LogP) is 2.95. The highest BCUT2D eigenvalue weighted by molar-refractivity contribution is 7.92. The van der Waals surface area contributed by atoms with E-state index in [0.29, 0.717) is 41.9 Å². The van der Waals surface area contributed by atoms with Crippen LogP contribution in [0.4, 0.5) is 0 Å². The SMILES string of the molecule is CCC1=C([C@H](O)CC/C(=C/c2ccc(CO)o2)c2ccccc2)[C@H](CO)S(=O)(=O)C1. The Bertz CT molecular complexity index is 1020. The van der Waals surface area contributed by atoms with Crippen LogP contribution in [-0.2, 0) is 16.4 Å². The highest BCUT2D eigenvalue weighted by atomic mass is 32.2. The largest absolute Gasteiger partial charge is 0.459 e. The zero-order chi connectivity index (χ0) is 21.7. The molecule has 2 atom stereocenters. The summed E-state index contributed by atoms with van der Waals surface area (Å²) >= 11 is 0. The van der Waals surface area contributed by atoms with E-state index in [2.05, 4.69) is 0 Å². The summed E-state index contributed by atoms with van der Waals surface area (Å²) in [7, 11) is -3.47. The molecule has 0 aliphatic carbocycles. The topological polar surface area (TPSA) is 108 Å². The van der Waals surface area contributed by atoms with Gasteiger partial charge in [0.05, 0.1) is 18.5 Å². The maximum atomic E-state index is 12.4. The summed E-state index contributed by atoms with van der Waals surface area (Å²) in [6.07, 6.45) is 2.24. The van der Waals surface area contributed by atoms with Gasteiger partial charge >= 0.3 is 0 Å². The van der Waals surface area contributed by atoms with Crippen molar-refractivity contribution in [1.82, 2.24) is 0 Å². The van der Waals surface area contributed by atoms with Crippen LogP contribution < -0.4 is 0 Å². The van der Waals surface area contributed by atoms with Crippen LogP contribution in [-0.4, -0.2) is 47.5 Å². The lowest BCUT2D eigenvalue weighted by molar-refractivity contribution is 0.190. The van der Waals surface area contributed by atoms with Gasteiger partial charge < -0.3 is 19.7 Å². The first-order valence-electron chi connectivity index (χ1n) is 10.1. The fraction of sp³-hybridized carbons (Fsp3) is 0.391. The molecule has 0 saturated heterocycles. The van der Waals surface area contributed by atoms with Gasteiger partial charge in [-0.25, -0.2) is 8.42 Å². The van der Waals surface area contributed by atoms with Crippen LogP contribution in [0, 0.1) is 0 Å². The lowest BCUT2D eigenvalue weighted by Crippen LogP contribution is -2.29. The zero-order valence-electron chi connectivity index (χ0n) is 17.0. The van der Waals surface area contributed by atoms with E-state index >= 15 is 0 Å². The average molecular weight is 433 g/mol. The summed E-state index contributed by atoms with van der Waals surface area (Å²) in [5, 5.41) is 28.7. The average Bonchev–Trinajstić information content (AvgIpc) is 3.31. The van der Waals surface area contributed by atoms with Crippen molar-refractivity contribution in [3.05, 3.63) is 70.7 Å². The van der Waals surface area contributed by atoms with Gasteiger partial charge in [0.25, 0.3) is 0 Å². The zero-order valence-corrected chi connectivity index (χ0v) is 17.8. The number of allylic oxidation sites excluding steroid dienone is 1. The molecule has 0 radical (unpaired) electrons. The Labute approximate surface area is 177 Å². The number of aliphatic hydroxyl groups is 3. The maximum Gasteiger partial charge on any atom is 0.163 e. The van der Waals surface area contributed by atoms with Crippen molar-refractivity contribution >= 4 is 21.5 Å². The predicted molar refractivity (Wildman–Crippen MR) is 116 cm³/mol. The minimum absolute atomic E-state index is 0.0984. The Morgan fingerprint density at radius 1 is 1.20 bits per heavy atom. The van der Waals surface area contributed by atoms with E-state index in [1.54, 1.807) is 12.1 Å². The summed E-state index contributed by atoms with van der Waals surface area (Å²) in [5.74, 6) is 0.963. The number of hydrogen-bond donors (Lipinski definition) is 3. The number of furan rings is 1. The van der Waals surface area contributed by atoms with Crippen LogP contribution in [0.15, 0.2) is 58.0 Å². The van der Waals surface area contributed by atoms with Gasteiger partial charge in [-0.2, -0.15) is 0 Å². The lowest BCUT2D eigenvalue weighted by Gasteiger charge is -2.19. The summed E-state index contributed by atoms with van der Waals surface area (Å²) < 4.78 is 30.3. The molecule has 1 aliphatic rings. The van der Waals surface area contributed by atoms with Gasteiger partial charge in [0, 0.05) is 0 Å². The Morgan fingerprint density at radius 3 is 2.53 bits per heavy atom. The molecule has 0 bridgehead atoms. The van der Waals surface area contributed by atoms with Crippen molar-refractivity contribution in [2.45, 2.75) is 44.1 Å². The first kappa shape index (κ1) is 22.5. The third-order valence-corrected chi connectivity index (χ3v) is 7.52. The van der Waals surface area contributed by atoms with Crippen LogP contribution >= 0.6 is 0 Å². The third kappa shape index (κ3) is 4.92. The molecule has 0 amide bonds. The molecule has 3 rings (SSSR count). The van der Waals surface area contributed by atoms with Gasteiger partial charge in [-0.05, 0) is 54.2 Å². The Morgan fingerprint density at radius 2 is 1.93 bits per heavy atom. The molecule has 1 aromatic carbocycles. The first-order valence-corrected chi connectivity index (χ1v) is 11.8. The van der Waals surface area contributed by atoms with Gasteiger partial charge in [0.2, 0.25) is 0 Å². The van der Waals surface area contributed by atoms with Crippen molar-refractivity contribution in [2.24, 2.45) is 0 Å². The van der Waals surface area contributed by atoms with Gasteiger partial charge in [0.1, 0.15) is 23.4 Å². The molecule has 162 valence electrons. The molecule has 7 heteroatoms. The molecule has 30 heavy (non-hydrogen) atoms. The molecule has 6 nitrogen and oxygen atoms in total. The van der Waals surface area contributed by atoms with Gasteiger partial charge in [-0.3, -0.25) is 0 Å². The van der Waals surface area contributed by atoms with Crippen molar-refractivity contribution in [3.8, 4) is 0 Å². The van der Waals surface area contributed by atoms with E-state index in [1.165, 1.54) is 0 Å². The summed E-state index contributed by atoms with van der Waals surface area (Å²) in [6.45, 7) is 1.16. The molecule has 2 heterocycles. The van der Waals surface area contributed by atoms with Crippen LogP contribution in [0.2, 0.25) is 0 Å². The quantitative estimate of drug-likeness (QED) is 0.526. The van der Waals surface area contributed by atoms with Crippen molar-refractivity contribution in [3.63, 3.8) is 0 Å². The second kappa shape index (κ2) is 9.75. The minimum Gasteiger partial charge on any atom is -0.459 e. The number of rotatable bonds is 9. The molecule has 1 aromatic heterocycles. The highest BCUT2D eigenvalue weighted by Gasteiger charge is 2.40. The molecule has 0 fully saturated rings. The Kier molecular flexibility index (Phi) is 7.31. The molecule has 0 spiro atoms. The van der Waals surface area contributed by atoms with Crippen LogP contribution in [0.3, 0.4) is 0 Å². The fourth-order valence-corrected chi connectivity index (χ4v) is 5.94. The smallest absolute Gasteiger partial charge is 0.163 e. The lowest BCUT2D eigenvalue weighted by atomic mass is 9.92. The molecular formula is C23H28O6S. The van der Waals surface area contributed by atoms with Crippen LogP contribution in [0.5, 0.6) is 0 Å². The van der Waals surface area contributed by atoms with Crippen LogP contribution in [0.25, 0.3) is 11.6 Å². The maximum absolute atomic E-state index is 12.4.